The second kappa shape index (κ2) is 13.5. The molecule has 0 aliphatic carbocycles. The van der Waals surface area contributed by atoms with E-state index in [1.54, 1.807) is 0 Å². The maximum absolute atomic E-state index is 12.8. The number of carbonyl (C=O) groups is 5. The summed E-state index contributed by atoms with van der Waals surface area (Å²) >= 11 is 4.03. The summed E-state index contributed by atoms with van der Waals surface area (Å²) in [6.07, 6.45) is 1.13. The molecular weight excluding hydrogens is 456 g/mol. The van der Waals surface area contributed by atoms with E-state index >= 15 is 0 Å². The average molecular weight is 489 g/mol. The smallest absolute Gasteiger partial charge is 0.326 e. The van der Waals surface area contributed by atoms with Crippen molar-refractivity contribution < 1.29 is 29.1 Å². The summed E-state index contributed by atoms with van der Waals surface area (Å²) in [5, 5.41) is 13.8. The number of amides is 4. The molecule has 1 fully saturated rings. The largest absolute Gasteiger partial charge is 0.480 e. The summed E-state index contributed by atoms with van der Waals surface area (Å²) in [6, 6.07) is -4.42. The lowest BCUT2D eigenvalue weighted by atomic mass is 10.1. The molecule has 1 heterocycles. The first kappa shape index (κ1) is 28.0. The molecule has 0 aromatic heterocycles. The molecule has 0 aromatic rings. The third kappa shape index (κ3) is 9.13. The van der Waals surface area contributed by atoms with Gasteiger partial charge in [0.15, 0.2) is 5.96 Å². The number of guanidine groups is 1. The Kier molecular flexibility index (Phi) is 11.4. The van der Waals surface area contributed by atoms with E-state index in [4.69, 9.17) is 28.0 Å². The first-order chi connectivity index (χ1) is 15.5. The van der Waals surface area contributed by atoms with Crippen LogP contribution >= 0.6 is 12.6 Å². The first-order valence-corrected chi connectivity index (χ1v) is 10.9. The quantitative estimate of drug-likeness (QED) is 0.0547. The van der Waals surface area contributed by atoms with Crippen molar-refractivity contribution in [2.75, 3.05) is 18.8 Å². The van der Waals surface area contributed by atoms with Gasteiger partial charge in [0.05, 0.1) is 12.5 Å². The minimum Gasteiger partial charge on any atom is -0.480 e. The molecule has 14 nitrogen and oxygen atoms in total. The summed E-state index contributed by atoms with van der Waals surface area (Å²) in [5.41, 5.74) is 21.5. The highest BCUT2D eigenvalue weighted by molar-refractivity contribution is 7.80. The molecule has 0 bridgehead atoms. The summed E-state index contributed by atoms with van der Waals surface area (Å²) in [6.45, 7) is 0.648. The third-order valence-corrected chi connectivity index (χ3v) is 5.32. The Labute approximate surface area is 196 Å². The fourth-order valence-electron chi connectivity index (χ4n) is 3.29. The van der Waals surface area contributed by atoms with Crippen LogP contribution in [-0.4, -0.2) is 88.6 Å². The molecular formula is C18H32N8O6S. The molecule has 4 atom stereocenters. The van der Waals surface area contributed by atoms with Crippen LogP contribution in [0.4, 0.5) is 0 Å². The number of likely N-dealkylation sites (tertiary alicyclic amines) is 1. The maximum Gasteiger partial charge on any atom is 0.326 e. The van der Waals surface area contributed by atoms with Gasteiger partial charge in [0.25, 0.3) is 0 Å². The third-order valence-electron chi connectivity index (χ3n) is 4.96. The molecule has 33 heavy (non-hydrogen) atoms. The van der Waals surface area contributed by atoms with Gasteiger partial charge in [-0.3, -0.25) is 24.2 Å². The van der Waals surface area contributed by atoms with Crippen molar-refractivity contribution in [3.63, 3.8) is 0 Å². The molecule has 11 N–H and O–H groups in total. The molecule has 1 saturated heterocycles. The van der Waals surface area contributed by atoms with Crippen molar-refractivity contribution in [3.05, 3.63) is 0 Å². The van der Waals surface area contributed by atoms with Crippen LogP contribution in [0.25, 0.3) is 0 Å². The number of carbonyl (C=O) groups excluding carboxylic acids is 4. The van der Waals surface area contributed by atoms with Gasteiger partial charge in [-0.05, 0) is 25.7 Å². The van der Waals surface area contributed by atoms with E-state index in [1.807, 2.05) is 0 Å². The van der Waals surface area contributed by atoms with E-state index in [2.05, 4.69) is 28.3 Å². The lowest BCUT2D eigenvalue weighted by Gasteiger charge is -2.28. The zero-order chi connectivity index (χ0) is 25.1. The van der Waals surface area contributed by atoms with E-state index in [9.17, 15) is 24.0 Å². The highest BCUT2D eigenvalue weighted by atomic mass is 32.1. The van der Waals surface area contributed by atoms with Crippen LogP contribution in [-0.2, 0) is 24.0 Å². The highest BCUT2D eigenvalue weighted by Crippen LogP contribution is 2.19. The fraction of sp³-hybridized carbons (Fsp3) is 0.667. The predicted molar refractivity (Wildman–Crippen MR) is 122 cm³/mol. The topological polar surface area (TPSA) is 249 Å². The van der Waals surface area contributed by atoms with E-state index in [-0.39, 0.29) is 11.7 Å². The molecule has 0 radical (unpaired) electrons. The monoisotopic (exact) mass is 488 g/mol. The van der Waals surface area contributed by atoms with Crippen LogP contribution < -0.4 is 33.6 Å². The number of nitrogens with zero attached hydrogens (tertiary/aromatic N) is 2. The number of nitrogens with two attached hydrogens (primary N) is 4. The van der Waals surface area contributed by atoms with Gasteiger partial charge in [-0.1, -0.05) is 0 Å². The second-order valence-corrected chi connectivity index (χ2v) is 7.92. The van der Waals surface area contributed by atoms with Crippen LogP contribution in [0.2, 0.25) is 0 Å². The fourth-order valence-corrected chi connectivity index (χ4v) is 3.55. The van der Waals surface area contributed by atoms with Gasteiger partial charge in [0, 0.05) is 18.8 Å². The second-order valence-electron chi connectivity index (χ2n) is 7.56. The summed E-state index contributed by atoms with van der Waals surface area (Å²) in [5.74, 6) is -4.42. The number of hydrogen-bond donors (Lipinski definition) is 8. The zero-order valence-electron chi connectivity index (χ0n) is 18.1. The predicted octanol–water partition coefficient (Wildman–Crippen LogP) is -3.78. The Morgan fingerprint density at radius 1 is 1.12 bits per heavy atom. The first-order valence-electron chi connectivity index (χ1n) is 10.3. The average Bonchev–Trinajstić information content (AvgIpc) is 3.23. The number of carboxylic acids is 1. The summed E-state index contributed by atoms with van der Waals surface area (Å²) in [7, 11) is 0. The van der Waals surface area contributed by atoms with Crippen LogP contribution in [0.5, 0.6) is 0 Å². The molecule has 4 unspecified atom stereocenters. The van der Waals surface area contributed by atoms with Crippen LogP contribution in [0, 0.1) is 0 Å². The molecule has 1 rings (SSSR count). The number of rotatable bonds is 13. The van der Waals surface area contributed by atoms with Crippen LogP contribution in [0.1, 0.15) is 32.1 Å². The number of primary amides is 1. The normalized spacial score (nSPS) is 18.0. The number of carboxylic acid groups (broad SMARTS) is 1. The van der Waals surface area contributed by atoms with Crippen molar-refractivity contribution in [2.45, 2.75) is 56.3 Å². The molecule has 186 valence electrons. The SMILES string of the molecule is NC(=O)CC(NC(=O)C(CS)NC(=O)C1CCCN1C(=O)C(N)CCCN=C(N)N)C(=O)O. The lowest BCUT2D eigenvalue weighted by molar-refractivity contribution is -0.144. The maximum atomic E-state index is 12.8. The van der Waals surface area contributed by atoms with E-state index in [0.717, 1.165) is 0 Å². The Balaban J connectivity index is 2.73. The summed E-state index contributed by atoms with van der Waals surface area (Å²) in [4.78, 5) is 65.4. The van der Waals surface area contributed by atoms with Crippen molar-refractivity contribution in [1.82, 2.24) is 15.5 Å². The van der Waals surface area contributed by atoms with Gasteiger partial charge >= 0.3 is 5.97 Å². The van der Waals surface area contributed by atoms with E-state index in [0.29, 0.717) is 38.8 Å². The molecule has 0 aromatic carbocycles. The number of nitrogens with one attached hydrogen (secondary N) is 2. The van der Waals surface area contributed by atoms with E-state index in [1.165, 1.54) is 4.90 Å². The highest BCUT2D eigenvalue weighted by Gasteiger charge is 2.37. The number of thiol groups is 1. The van der Waals surface area contributed by atoms with Crippen molar-refractivity contribution in [2.24, 2.45) is 27.9 Å². The molecule has 1 aliphatic rings. The van der Waals surface area contributed by atoms with Gasteiger partial charge in [0.2, 0.25) is 23.6 Å². The van der Waals surface area contributed by atoms with Gasteiger partial charge < -0.3 is 43.6 Å². The van der Waals surface area contributed by atoms with Crippen molar-refractivity contribution in [3.8, 4) is 0 Å². The number of aliphatic imine (C=N–C) groups is 1. The number of hydrogen-bond acceptors (Lipinski definition) is 8. The summed E-state index contributed by atoms with van der Waals surface area (Å²) < 4.78 is 0. The molecule has 4 amide bonds. The lowest BCUT2D eigenvalue weighted by Crippen LogP contribution is -2.57. The Morgan fingerprint density at radius 3 is 2.33 bits per heavy atom. The standard InChI is InChI=1S/C18H32N8O6S/c19-9(3-1-5-23-18(21)22)16(30)26-6-2-4-12(26)15(29)25-11(8-33)14(28)24-10(17(31)32)7-13(20)27/h9-12,33H,1-8,19H2,(H2,20,27)(H,24,28)(H,25,29)(H,31,32)(H4,21,22,23). The Bertz CT molecular complexity index is 775. The minimum atomic E-state index is -1.55. The molecule has 0 saturated carbocycles. The zero-order valence-corrected chi connectivity index (χ0v) is 19.0. The molecule has 15 heteroatoms. The Morgan fingerprint density at radius 2 is 1.79 bits per heavy atom. The van der Waals surface area contributed by atoms with Crippen LogP contribution in [0.15, 0.2) is 4.99 Å². The van der Waals surface area contributed by atoms with Gasteiger partial charge in [-0.2, -0.15) is 12.6 Å². The van der Waals surface area contributed by atoms with Crippen molar-refractivity contribution in [1.29, 1.82) is 0 Å². The minimum absolute atomic E-state index is 0.0572. The number of aliphatic carboxylic acids is 1. The van der Waals surface area contributed by atoms with Gasteiger partial charge in [0.1, 0.15) is 18.1 Å². The van der Waals surface area contributed by atoms with Crippen molar-refractivity contribution >= 4 is 48.2 Å². The van der Waals surface area contributed by atoms with E-state index < -0.39 is 60.2 Å². The molecule has 1 aliphatic heterocycles. The van der Waals surface area contributed by atoms with Gasteiger partial charge in [-0.25, -0.2) is 4.79 Å². The Hall–Kier alpha value is -3.07. The van der Waals surface area contributed by atoms with Crippen LogP contribution in [0.3, 0.4) is 0 Å². The molecule has 0 spiro atoms. The van der Waals surface area contributed by atoms with Gasteiger partial charge in [-0.15, -0.1) is 0 Å².